The Balaban J connectivity index is 2.48. The average Bonchev–Trinajstić information content (AvgIpc) is 2.33. The summed E-state index contributed by atoms with van der Waals surface area (Å²) in [4.78, 5) is 17.8. The van der Waals surface area contributed by atoms with Crippen molar-refractivity contribution >= 4 is 0 Å². The van der Waals surface area contributed by atoms with Crippen molar-refractivity contribution in [2.75, 3.05) is 0 Å². The summed E-state index contributed by atoms with van der Waals surface area (Å²) in [6.45, 7) is 4.11. The molecule has 17 heavy (non-hydrogen) atoms. The number of nitrogens with zero attached hydrogens (tertiary/aromatic N) is 1. The summed E-state index contributed by atoms with van der Waals surface area (Å²) in [5, 5.41) is 0. The largest absolute Gasteiger partial charge is 0.345 e. The normalized spacial score (nSPS) is 10.5. The predicted octanol–water partition coefficient (Wildman–Crippen LogP) is 2.70. The van der Waals surface area contributed by atoms with Crippen LogP contribution in [0, 0.1) is 6.92 Å². The van der Waals surface area contributed by atoms with E-state index < -0.39 is 0 Å². The van der Waals surface area contributed by atoms with Crippen molar-refractivity contribution in [3.05, 3.63) is 52.1 Å². The average molecular weight is 228 g/mol. The van der Waals surface area contributed by atoms with Gasteiger partial charge in [0.1, 0.15) is 0 Å². The molecule has 3 nitrogen and oxygen atoms in total. The van der Waals surface area contributed by atoms with Crippen LogP contribution in [0.1, 0.15) is 24.5 Å². The van der Waals surface area contributed by atoms with Crippen molar-refractivity contribution in [2.45, 2.75) is 26.7 Å². The summed E-state index contributed by atoms with van der Waals surface area (Å²) in [7, 11) is 0. The van der Waals surface area contributed by atoms with Crippen LogP contribution in [-0.2, 0) is 6.42 Å². The van der Waals surface area contributed by atoms with E-state index in [1.54, 1.807) is 6.20 Å². The van der Waals surface area contributed by atoms with E-state index in [2.05, 4.69) is 29.0 Å². The maximum absolute atomic E-state index is 11.3. The van der Waals surface area contributed by atoms with Gasteiger partial charge in [0, 0.05) is 6.20 Å². The molecular weight excluding hydrogens is 212 g/mol. The molecule has 1 aromatic carbocycles. The third kappa shape index (κ3) is 2.61. The van der Waals surface area contributed by atoms with E-state index in [1.165, 1.54) is 5.56 Å². The van der Waals surface area contributed by atoms with Crippen molar-refractivity contribution in [1.29, 1.82) is 0 Å². The highest BCUT2D eigenvalue weighted by molar-refractivity contribution is 5.62. The van der Waals surface area contributed by atoms with Crippen molar-refractivity contribution in [2.24, 2.45) is 0 Å². The van der Waals surface area contributed by atoms with Gasteiger partial charge in [-0.25, -0.2) is 9.78 Å². The van der Waals surface area contributed by atoms with Crippen molar-refractivity contribution in [1.82, 2.24) is 9.97 Å². The molecule has 0 aliphatic carbocycles. The maximum Gasteiger partial charge on any atom is 0.345 e. The molecule has 1 heterocycles. The van der Waals surface area contributed by atoms with Gasteiger partial charge in [0.25, 0.3) is 0 Å². The third-order valence-electron chi connectivity index (χ3n) is 2.76. The fourth-order valence-electron chi connectivity index (χ4n) is 1.93. The Bertz CT molecular complexity index is 572. The zero-order valence-electron chi connectivity index (χ0n) is 10.2. The Kier molecular flexibility index (Phi) is 3.38. The molecular formula is C14H16N2O. The molecule has 0 amide bonds. The molecule has 0 unspecified atom stereocenters. The van der Waals surface area contributed by atoms with E-state index in [4.69, 9.17) is 0 Å². The van der Waals surface area contributed by atoms with E-state index in [-0.39, 0.29) is 5.69 Å². The van der Waals surface area contributed by atoms with Crippen LogP contribution >= 0.6 is 0 Å². The second kappa shape index (κ2) is 4.95. The minimum atomic E-state index is -0.300. The van der Waals surface area contributed by atoms with Crippen molar-refractivity contribution < 1.29 is 0 Å². The number of nitrogens with one attached hydrogen (secondary N) is 1. The molecule has 1 N–H and O–H groups in total. The second-order valence-electron chi connectivity index (χ2n) is 4.20. The highest BCUT2D eigenvalue weighted by atomic mass is 16.1. The summed E-state index contributed by atoms with van der Waals surface area (Å²) in [5.74, 6) is 0. The van der Waals surface area contributed by atoms with Gasteiger partial charge in [0.15, 0.2) is 0 Å². The van der Waals surface area contributed by atoms with Crippen LogP contribution in [0.3, 0.4) is 0 Å². The summed E-state index contributed by atoms with van der Waals surface area (Å²) in [5.41, 5.74) is 3.89. The number of rotatable bonds is 3. The van der Waals surface area contributed by atoms with Gasteiger partial charge in [-0.2, -0.15) is 0 Å². The molecule has 0 saturated heterocycles. The fraction of sp³-hybridized carbons (Fsp3) is 0.286. The lowest BCUT2D eigenvalue weighted by Gasteiger charge is -2.06. The molecule has 3 heteroatoms. The molecule has 0 saturated carbocycles. The van der Waals surface area contributed by atoms with Gasteiger partial charge in [0.2, 0.25) is 0 Å². The lowest BCUT2D eigenvalue weighted by molar-refractivity contribution is 0.922. The van der Waals surface area contributed by atoms with Gasteiger partial charge in [-0.05, 0) is 36.1 Å². The molecule has 0 spiro atoms. The van der Waals surface area contributed by atoms with E-state index in [9.17, 15) is 4.79 Å². The third-order valence-corrected chi connectivity index (χ3v) is 2.76. The fourth-order valence-corrected chi connectivity index (χ4v) is 1.93. The standard InChI is InChI=1S/C14H16N2O/c1-3-5-11-6-4-7-12(8-11)13-10(2)9-15-14(17)16-13/h4,6-9H,3,5H2,1-2H3,(H,15,16,17). The number of hydrogen-bond acceptors (Lipinski definition) is 2. The monoisotopic (exact) mass is 228 g/mol. The molecule has 1 aromatic heterocycles. The van der Waals surface area contributed by atoms with Gasteiger partial charge in [-0.1, -0.05) is 31.5 Å². The Morgan fingerprint density at radius 1 is 1.35 bits per heavy atom. The van der Waals surface area contributed by atoms with Crippen LogP contribution in [0.15, 0.2) is 35.3 Å². The Hall–Kier alpha value is -1.90. The molecule has 0 radical (unpaired) electrons. The number of aromatic nitrogens is 2. The minimum absolute atomic E-state index is 0.300. The van der Waals surface area contributed by atoms with Gasteiger partial charge < -0.3 is 4.98 Å². The van der Waals surface area contributed by atoms with E-state index >= 15 is 0 Å². The Morgan fingerprint density at radius 3 is 2.94 bits per heavy atom. The number of hydrogen-bond donors (Lipinski definition) is 1. The van der Waals surface area contributed by atoms with Crippen LogP contribution in [0.4, 0.5) is 0 Å². The zero-order chi connectivity index (χ0) is 12.3. The summed E-state index contributed by atoms with van der Waals surface area (Å²) in [6.07, 6.45) is 3.79. The van der Waals surface area contributed by atoms with E-state index in [0.717, 1.165) is 29.7 Å². The zero-order valence-corrected chi connectivity index (χ0v) is 10.2. The Labute approximate surface area is 101 Å². The molecule has 2 aromatic rings. The molecule has 88 valence electrons. The van der Waals surface area contributed by atoms with Crippen LogP contribution in [0.2, 0.25) is 0 Å². The topological polar surface area (TPSA) is 45.8 Å². The number of H-pyrrole nitrogens is 1. The van der Waals surface area contributed by atoms with E-state index in [1.807, 2.05) is 19.1 Å². The number of aryl methyl sites for hydroxylation is 2. The Morgan fingerprint density at radius 2 is 2.18 bits per heavy atom. The number of aromatic amines is 1. The molecule has 0 fully saturated rings. The highest BCUT2D eigenvalue weighted by Crippen LogP contribution is 2.20. The molecule has 0 atom stereocenters. The van der Waals surface area contributed by atoms with Crippen LogP contribution in [-0.4, -0.2) is 9.97 Å². The molecule has 0 bridgehead atoms. The summed E-state index contributed by atoms with van der Waals surface area (Å²) >= 11 is 0. The minimum Gasteiger partial charge on any atom is -0.305 e. The van der Waals surface area contributed by atoms with Crippen molar-refractivity contribution in [3.63, 3.8) is 0 Å². The summed E-state index contributed by atoms with van der Waals surface area (Å²) in [6, 6.07) is 8.28. The first-order chi connectivity index (χ1) is 8.20. The van der Waals surface area contributed by atoms with E-state index in [0.29, 0.717) is 0 Å². The lowest BCUT2D eigenvalue weighted by atomic mass is 10.0. The van der Waals surface area contributed by atoms with Crippen LogP contribution < -0.4 is 5.69 Å². The van der Waals surface area contributed by atoms with Gasteiger partial charge >= 0.3 is 5.69 Å². The second-order valence-corrected chi connectivity index (χ2v) is 4.20. The number of benzene rings is 1. The quantitative estimate of drug-likeness (QED) is 0.877. The predicted molar refractivity (Wildman–Crippen MR) is 69.0 cm³/mol. The van der Waals surface area contributed by atoms with Crippen molar-refractivity contribution in [3.8, 4) is 11.3 Å². The molecule has 2 rings (SSSR count). The van der Waals surface area contributed by atoms with Gasteiger partial charge in [-0.15, -0.1) is 0 Å². The molecule has 0 aliphatic rings. The van der Waals surface area contributed by atoms with Crippen LogP contribution in [0.5, 0.6) is 0 Å². The first-order valence-corrected chi connectivity index (χ1v) is 5.86. The SMILES string of the molecule is CCCc1cccc(-c2[nH]c(=O)ncc2C)c1. The highest BCUT2D eigenvalue weighted by Gasteiger charge is 2.04. The maximum atomic E-state index is 11.3. The first kappa shape index (κ1) is 11.6. The van der Waals surface area contributed by atoms with Crippen LogP contribution in [0.25, 0.3) is 11.3 Å². The first-order valence-electron chi connectivity index (χ1n) is 5.86. The molecule has 0 aliphatic heterocycles. The lowest BCUT2D eigenvalue weighted by Crippen LogP contribution is -2.11. The smallest absolute Gasteiger partial charge is 0.305 e. The van der Waals surface area contributed by atoms with Gasteiger partial charge in [-0.3, -0.25) is 0 Å². The summed E-state index contributed by atoms with van der Waals surface area (Å²) < 4.78 is 0. The van der Waals surface area contributed by atoms with Gasteiger partial charge in [0.05, 0.1) is 5.69 Å².